The Morgan fingerprint density at radius 3 is 2.47 bits per heavy atom. The molecule has 5 atom stereocenters. The van der Waals surface area contributed by atoms with Crippen LogP contribution in [0, 0.1) is 5.82 Å². The van der Waals surface area contributed by atoms with Crippen LogP contribution in [0.4, 0.5) is 10.1 Å². The molecule has 1 heterocycles. The summed E-state index contributed by atoms with van der Waals surface area (Å²) >= 11 is 7.58. The molecule has 0 amide bonds. The van der Waals surface area contributed by atoms with Crippen LogP contribution in [0.3, 0.4) is 0 Å². The summed E-state index contributed by atoms with van der Waals surface area (Å²) < 4.78 is 25.7. The number of aliphatic hydroxyl groups is 3. The minimum absolute atomic E-state index is 0.147. The van der Waals surface area contributed by atoms with Crippen LogP contribution in [0.25, 0.3) is 0 Å². The Balaban J connectivity index is 1.52. The summed E-state index contributed by atoms with van der Waals surface area (Å²) in [6, 6.07) is 17.2. The Hall–Kier alpha value is -2.33. The van der Waals surface area contributed by atoms with Crippen molar-refractivity contribution in [3.05, 3.63) is 88.2 Å². The van der Waals surface area contributed by atoms with Crippen LogP contribution in [0.2, 0.25) is 5.02 Å². The van der Waals surface area contributed by atoms with Crippen LogP contribution in [-0.2, 0) is 11.2 Å². The van der Waals surface area contributed by atoms with E-state index in [0.29, 0.717) is 34.2 Å². The van der Waals surface area contributed by atoms with E-state index in [4.69, 9.17) is 26.8 Å². The summed E-state index contributed by atoms with van der Waals surface area (Å²) in [6.45, 7) is 2.52. The molecule has 192 valence electrons. The Labute approximate surface area is 218 Å². The highest BCUT2D eigenvalue weighted by Gasteiger charge is 2.44. The van der Waals surface area contributed by atoms with Crippen molar-refractivity contribution in [1.82, 2.24) is 0 Å². The van der Waals surface area contributed by atoms with Gasteiger partial charge in [-0.3, -0.25) is 0 Å². The van der Waals surface area contributed by atoms with E-state index < -0.39 is 36.3 Å². The number of benzene rings is 3. The molecule has 0 unspecified atom stereocenters. The minimum atomic E-state index is -1.44. The standard InChI is InChI=1S/C27H29ClFNO5S/c1-2-34-19-7-3-15(4-8-19)11-17-12-16(5-9-20(17)28)27-26(33)25(32)24(31)22(35-27)14-36-23-13-18(30)6-10-21(23)29/h3-10,12-13,22,24-27,31-33H,2,11,14,30H2,1H3/t22-,24-,25+,26-,27+/m1/s1. The lowest BCUT2D eigenvalue weighted by Gasteiger charge is -2.41. The van der Waals surface area contributed by atoms with Gasteiger partial charge in [0.2, 0.25) is 0 Å². The average Bonchev–Trinajstić information content (AvgIpc) is 2.87. The molecule has 0 bridgehead atoms. The molecule has 1 fully saturated rings. The monoisotopic (exact) mass is 533 g/mol. The van der Waals surface area contributed by atoms with E-state index in [9.17, 15) is 19.7 Å². The molecule has 6 nitrogen and oxygen atoms in total. The van der Waals surface area contributed by atoms with Crippen LogP contribution < -0.4 is 10.5 Å². The molecule has 3 aromatic carbocycles. The van der Waals surface area contributed by atoms with E-state index in [-0.39, 0.29) is 5.75 Å². The lowest BCUT2D eigenvalue weighted by atomic mass is 9.90. The maximum Gasteiger partial charge on any atom is 0.136 e. The predicted octanol–water partition coefficient (Wildman–Crippen LogP) is 4.37. The van der Waals surface area contributed by atoms with Gasteiger partial charge >= 0.3 is 0 Å². The summed E-state index contributed by atoms with van der Waals surface area (Å²) in [6.07, 6.45) is -5.36. The maximum absolute atomic E-state index is 14.1. The van der Waals surface area contributed by atoms with Gasteiger partial charge in [0.1, 0.15) is 36.0 Å². The highest BCUT2D eigenvalue weighted by molar-refractivity contribution is 7.99. The molecule has 0 aliphatic carbocycles. The average molecular weight is 534 g/mol. The number of aliphatic hydroxyl groups excluding tert-OH is 3. The van der Waals surface area contributed by atoms with E-state index in [0.717, 1.165) is 28.6 Å². The largest absolute Gasteiger partial charge is 0.494 e. The zero-order chi connectivity index (χ0) is 25.8. The smallest absolute Gasteiger partial charge is 0.136 e. The maximum atomic E-state index is 14.1. The Bertz CT molecular complexity index is 1180. The van der Waals surface area contributed by atoms with Gasteiger partial charge in [-0.1, -0.05) is 35.9 Å². The summed E-state index contributed by atoms with van der Waals surface area (Å²) in [7, 11) is 0. The van der Waals surface area contributed by atoms with E-state index in [2.05, 4.69) is 0 Å². The molecular weight excluding hydrogens is 505 g/mol. The lowest BCUT2D eigenvalue weighted by Crippen LogP contribution is -2.54. The van der Waals surface area contributed by atoms with Crippen molar-refractivity contribution in [1.29, 1.82) is 0 Å². The predicted molar refractivity (Wildman–Crippen MR) is 139 cm³/mol. The fraction of sp³-hybridized carbons (Fsp3) is 0.333. The first-order chi connectivity index (χ1) is 17.3. The van der Waals surface area contributed by atoms with Crippen LogP contribution in [-0.4, -0.2) is 52.1 Å². The van der Waals surface area contributed by atoms with Crippen LogP contribution >= 0.6 is 23.4 Å². The van der Waals surface area contributed by atoms with Crippen molar-refractivity contribution in [2.75, 3.05) is 18.1 Å². The van der Waals surface area contributed by atoms with Gasteiger partial charge in [0.15, 0.2) is 0 Å². The number of rotatable bonds is 8. The van der Waals surface area contributed by atoms with Gasteiger partial charge in [-0.15, -0.1) is 11.8 Å². The quantitative estimate of drug-likeness (QED) is 0.252. The molecule has 0 spiro atoms. The Morgan fingerprint density at radius 2 is 1.75 bits per heavy atom. The van der Waals surface area contributed by atoms with Gasteiger partial charge in [-0.05, 0) is 66.4 Å². The van der Waals surface area contributed by atoms with E-state index in [1.54, 1.807) is 12.1 Å². The number of ether oxygens (including phenoxy) is 2. The summed E-state index contributed by atoms with van der Waals surface area (Å²) in [5.74, 6) is 0.497. The fourth-order valence-corrected chi connectivity index (χ4v) is 5.39. The molecule has 1 aliphatic heterocycles. The normalized spacial score (nSPS) is 24.0. The lowest BCUT2D eigenvalue weighted by molar-refractivity contribution is -0.218. The summed E-state index contributed by atoms with van der Waals surface area (Å²) in [5, 5.41) is 32.4. The van der Waals surface area contributed by atoms with Gasteiger partial charge in [-0.2, -0.15) is 0 Å². The van der Waals surface area contributed by atoms with Gasteiger partial charge in [-0.25, -0.2) is 4.39 Å². The van der Waals surface area contributed by atoms with Crippen LogP contribution in [0.1, 0.15) is 29.7 Å². The molecule has 9 heteroatoms. The third-order valence-corrected chi connectivity index (χ3v) is 7.59. The molecule has 5 N–H and O–H groups in total. The van der Waals surface area contributed by atoms with E-state index >= 15 is 0 Å². The molecule has 0 aromatic heterocycles. The highest BCUT2D eigenvalue weighted by Crippen LogP contribution is 2.37. The third-order valence-electron chi connectivity index (χ3n) is 6.10. The molecule has 0 saturated carbocycles. The molecule has 4 rings (SSSR count). The van der Waals surface area contributed by atoms with E-state index in [1.807, 2.05) is 37.3 Å². The molecule has 36 heavy (non-hydrogen) atoms. The van der Waals surface area contributed by atoms with Crippen molar-refractivity contribution in [2.45, 2.75) is 48.8 Å². The second-order valence-electron chi connectivity index (χ2n) is 8.67. The molecule has 1 aliphatic rings. The zero-order valence-corrected chi connectivity index (χ0v) is 21.3. The third kappa shape index (κ3) is 6.14. The molecule has 3 aromatic rings. The second-order valence-corrected chi connectivity index (χ2v) is 10.1. The number of anilines is 1. The first-order valence-corrected chi connectivity index (χ1v) is 13.0. The van der Waals surface area contributed by atoms with Crippen molar-refractivity contribution in [3.63, 3.8) is 0 Å². The van der Waals surface area contributed by atoms with Gasteiger partial charge in [0.25, 0.3) is 0 Å². The van der Waals surface area contributed by atoms with Gasteiger partial charge < -0.3 is 30.5 Å². The van der Waals surface area contributed by atoms with Crippen molar-refractivity contribution in [3.8, 4) is 5.75 Å². The molecule has 0 radical (unpaired) electrons. The Morgan fingerprint density at radius 1 is 1.00 bits per heavy atom. The first-order valence-electron chi connectivity index (χ1n) is 11.6. The zero-order valence-electron chi connectivity index (χ0n) is 19.7. The number of nitrogen functional groups attached to an aromatic ring is 1. The van der Waals surface area contributed by atoms with Gasteiger partial charge in [0, 0.05) is 21.4 Å². The van der Waals surface area contributed by atoms with E-state index in [1.165, 1.54) is 18.2 Å². The fourth-order valence-electron chi connectivity index (χ4n) is 4.16. The van der Waals surface area contributed by atoms with Crippen LogP contribution in [0.15, 0.2) is 65.6 Å². The molecular formula is C27H29ClFNO5S. The summed E-state index contributed by atoms with van der Waals surface area (Å²) in [5.41, 5.74) is 8.63. The Kier molecular flexibility index (Phi) is 8.77. The molecule has 1 saturated heterocycles. The number of hydrogen-bond acceptors (Lipinski definition) is 7. The number of nitrogens with two attached hydrogens (primary N) is 1. The highest BCUT2D eigenvalue weighted by atomic mass is 35.5. The SMILES string of the molecule is CCOc1ccc(Cc2cc([C@@H]3O[C@H](CSc4cc(N)ccc4F)[C@@H](O)[C@H](O)[C@H]3O)ccc2Cl)cc1. The minimum Gasteiger partial charge on any atom is -0.494 e. The number of hydrogen-bond donors (Lipinski definition) is 4. The van der Waals surface area contributed by atoms with Gasteiger partial charge in [0.05, 0.1) is 12.7 Å². The second kappa shape index (κ2) is 11.8. The van der Waals surface area contributed by atoms with Crippen LogP contribution in [0.5, 0.6) is 5.75 Å². The summed E-state index contributed by atoms with van der Waals surface area (Å²) in [4.78, 5) is 0.312. The van der Waals surface area contributed by atoms with Crippen molar-refractivity contribution >= 4 is 29.1 Å². The van der Waals surface area contributed by atoms with Crippen molar-refractivity contribution in [2.24, 2.45) is 0 Å². The topological polar surface area (TPSA) is 105 Å². The first kappa shape index (κ1) is 26.7. The number of halogens is 2. The van der Waals surface area contributed by atoms with Crippen molar-refractivity contribution < 1.29 is 29.2 Å². The number of thioether (sulfide) groups is 1.